The van der Waals surface area contributed by atoms with E-state index in [1.165, 1.54) is 4.90 Å². The molecule has 2 heterocycles. The summed E-state index contributed by atoms with van der Waals surface area (Å²) in [7, 11) is 0. The SMILES string of the molecule is O=C(Nc1nc2c(s1)C(=O)N(c1ccccc1Cl)CC2)c1ccc(C(O)(C(F)(F)F)C(F)(F)F)cc1. The van der Waals surface area contributed by atoms with Gasteiger partial charge in [-0.15, -0.1) is 0 Å². The standard InChI is InChI=1S/C22H14ClF6N3O3S/c23-13-3-1-2-4-15(13)32-10-9-14-16(18(32)34)36-19(30-14)31-17(33)11-5-7-12(8-6-11)20(35,21(24,25)26)22(27,28)29/h1-8,35H,9-10H2,(H,30,31,33). The molecule has 2 aromatic carbocycles. The predicted molar refractivity (Wildman–Crippen MR) is 119 cm³/mol. The number of fused-ring (bicyclic) bond motifs is 1. The van der Waals surface area contributed by atoms with Gasteiger partial charge in [0.1, 0.15) is 4.88 Å². The minimum Gasteiger partial charge on any atom is -0.369 e. The summed E-state index contributed by atoms with van der Waals surface area (Å²) in [6.07, 6.45) is -11.7. The molecule has 36 heavy (non-hydrogen) atoms. The van der Waals surface area contributed by atoms with Crippen LogP contribution in [0.1, 0.15) is 31.3 Å². The topological polar surface area (TPSA) is 82.5 Å². The van der Waals surface area contributed by atoms with E-state index in [0.717, 1.165) is 11.3 Å². The number of halogens is 7. The molecule has 190 valence electrons. The average molecular weight is 550 g/mol. The number of nitrogens with one attached hydrogen (secondary N) is 1. The molecule has 0 bridgehead atoms. The second kappa shape index (κ2) is 9.05. The Hall–Kier alpha value is -3.16. The van der Waals surface area contributed by atoms with Crippen LogP contribution in [0.15, 0.2) is 48.5 Å². The second-order valence-corrected chi connectivity index (χ2v) is 9.10. The molecule has 1 aromatic heterocycles. The number of aliphatic hydroxyl groups is 1. The maximum absolute atomic E-state index is 13.0. The molecule has 0 spiro atoms. The van der Waals surface area contributed by atoms with Crippen molar-refractivity contribution in [3.63, 3.8) is 0 Å². The van der Waals surface area contributed by atoms with Gasteiger partial charge in [-0.2, -0.15) is 26.3 Å². The van der Waals surface area contributed by atoms with Crippen LogP contribution in [0.3, 0.4) is 0 Å². The fourth-order valence-corrected chi connectivity index (χ4v) is 4.80. The lowest BCUT2D eigenvalue weighted by atomic mass is 9.91. The van der Waals surface area contributed by atoms with Crippen LogP contribution in [0.25, 0.3) is 0 Å². The van der Waals surface area contributed by atoms with E-state index in [1.54, 1.807) is 24.3 Å². The Labute approximate surface area is 208 Å². The Kier molecular flexibility index (Phi) is 6.52. The van der Waals surface area contributed by atoms with Crippen LogP contribution >= 0.6 is 22.9 Å². The first kappa shape index (κ1) is 25.9. The average Bonchev–Trinajstić information content (AvgIpc) is 3.21. The summed E-state index contributed by atoms with van der Waals surface area (Å²) in [5, 5.41) is 12.2. The van der Waals surface area contributed by atoms with Crippen LogP contribution in [0.4, 0.5) is 37.2 Å². The summed E-state index contributed by atoms with van der Waals surface area (Å²) >= 11 is 7.05. The van der Waals surface area contributed by atoms with Crippen molar-refractivity contribution in [2.24, 2.45) is 0 Å². The highest BCUT2D eigenvalue weighted by atomic mass is 35.5. The molecule has 0 unspecified atom stereocenters. The van der Waals surface area contributed by atoms with Gasteiger partial charge in [0.15, 0.2) is 5.13 Å². The fraction of sp³-hybridized carbons (Fsp3) is 0.227. The van der Waals surface area contributed by atoms with Crippen molar-refractivity contribution < 1.29 is 41.0 Å². The van der Waals surface area contributed by atoms with Crippen molar-refractivity contribution in [3.8, 4) is 0 Å². The summed E-state index contributed by atoms with van der Waals surface area (Å²) < 4.78 is 78.2. The maximum atomic E-state index is 13.0. The first-order valence-corrected chi connectivity index (χ1v) is 11.3. The van der Waals surface area contributed by atoms with Gasteiger partial charge in [-0.25, -0.2) is 4.98 Å². The minimum atomic E-state index is -6.04. The van der Waals surface area contributed by atoms with Crippen molar-refractivity contribution in [2.45, 2.75) is 24.4 Å². The van der Waals surface area contributed by atoms with Crippen LogP contribution in [-0.4, -0.2) is 40.8 Å². The molecule has 0 saturated carbocycles. The van der Waals surface area contributed by atoms with E-state index < -0.39 is 29.4 Å². The summed E-state index contributed by atoms with van der Waals surface area (Å²) in [6, 6.07) is 8.91. The molecule has 2 N–H and O–H groups in total. The zero-order valence-electron chi connectivity index (χ0n) is 17.7. The van der Waals surface area contributed by atoms with E-state index >= 15 is 0 Å². The zero-order valence-corrected chi connectivity index (χ0v) is 19.3. The lowest BCUT2D eigenvalue weighted by molar-refractivity contribution is -0.376. The number of hydrogen-bond donors (Lipinski definition) is 2. The molecule has 0 aliphatic carbocycles. The number of carbonyl (C=O) groups is 2. The molecule has 6 nitrogen and oxygen atoms in total. The summed E-state index contributed by atoms with van der Waals surface area (Å²) in [6.45, 7) is 0.287. The van der Waals surface area contributed by atoms with Crippen molar-refractivity contribution in [2.75, 3.05) is 16.8 Å². The molecule has 4 rings (SSSR count). The van der Waals surface area contributed by atoms with Crippen molar-refractivity contribution >= 4 is 45.6 Å². The monoisotopic (exact) mass is 549 g/mol. The first-order chi connectivity index (χ1) is 16.7. The van der Waals surface area contributed by atoms with Gasteiger partial charge >= 0.3 is 12.4 Å². The van der Waals surface area contributed by atoms with Crippen LogP contribution in [-0.2, 0) is 12.0 Å². The molecule has 0 saturated heterocycles. The number of hydrogen-bond acceptors (Lipinski definition) is 5. The van der Waals surface area contributed by atoms with E-state index in [1.807, 2.05) is 0 Å². The Balaban J connectivity index is 1.53. The molecule has 1 aliphatic rings. The smallest absolute Gasteiger partial charge is 0.369 e. The third-order valence-corrected chi connectivity index (χ3v) is 6.78. The van der Waals surface area contributed by atoms with Crippen LogP contribution < -0.4 is 10.2 Å². The number of thiazole rings is 1. The highest BCUT2D eigenvalue weighted by Gasteiger charge is 2.71. The third kappa shape index (κ3) is 4.42. The molecule has 3 aromatic rings. The third-order valence-electron chi connectivity index (χ3n) is 5.46. The number of carbonyl (C=O) groups excluding carboxylic acids is 2. The van der Waals surface area contributed by atoms with Gasteiger partial charge in [-0.3, -0.25) is 14.9 Å². The molecule has 0 radical (unpaired) electrons. The zero-order chi connectivity index (χ0) is 26.5. The van der Waals surface area contributed by atoms with E-state index in [-0.39, 0.29) is 28.0 Å². The summed E-state index contributed by atoms with van der Waals surface area (Å²) in [5.74, 6) is -1.27. The number of amides is 2. The Bertz CT molecular complexity index is 1310. The summed E-state index contributed by atoms with van der Waals surface area (Å²) in [4.78, 5) is 31.4. The quantitative estimate of drug-likeness (QED) is 0.417. The number of para-hydroxylation sites is 1. The largest absolute Gasteiger partial charge is 0.430 e. The number of benzene rings is 2. The molecule has 2 amide bonds. The lowest BCUT2D eigenvalue weighted by Gasteiger charge is -2.32. The molecule has 0 atom stereocenters. The van der Waals surface area contributed by atoms with Crippen molar-refractivity contribution in [3.05, 3.63) is 75.3 Å². The predicted octanol–water partition coefficient (Wildman–Crippen LogP) is 5.56. The second-order valence-electron chi connectivity index (χ2n) is 7.69. The Morgan fingerprint density at radius 2 is 1.64 bits per heavy atom. The van der Waals surface area contributed by atoms with Crippen molar-refractivity contribution in [1.29, 1.82) is 0 Å². The van der Waals surface area contributed by atoms with Gasteiger partial charge < -0.3 is 10.0 Å². The van der Waals surface area contributed by atoms with Gasteiger partial charge in [-0.1, -0.05) is 47.2 Å². The highest BCUT2D eigenvalue weighted by Crippen LogP contribution is 2.50. The van der Waals surface area contributed by atoms with E-state index in [9.17, 15) is 41.0 Å². The molecular weight excluding hydrogens is 536 g/mol. The number of alkyl halides is 6. The van der Waals surface area contributed by atoms with Gasteiger partial charge in [0.05, 0.1) is 16.4 Å². The Morgan fingerprint density at radius 3 is 2.22 bits per heavy atom. The minimum absolute atomic E-state index is 0.0190. The molecular formula is C22H14ClF6N3O3S. The van der Waals surface area contributed by atoms with Crippen LogP contribution in [0, 0.1) is 0 Å². The fourth-order valence-electron chi connectivity index (χ4n) is 3.60. The Morgan fingerprint density at radius 1 is 1.03 bits per heavy atom. The molecule has 0 fully saturated rings. The maximum Gasteiger partial charge on any atom is 0.430 e. The van der Waals surface area contributed by atoms with Crippen LogP contribution in [0.2, 0.25) is 5.02 Å². The highest BCUT2D eigenvalue weighted by molar-refractivity contribution is 7.18. The molecule has 1 aliphatic heterocycles. The van der Waals surface area contributed by atoms with Crippen LogP contribution in [0.5, 0.6) is 0 Å². The molecule has 14 heteroatoms. The number of anilines is 2. The van der Waals surface area contributed by atoms with Gasteiger partial charge in [-0.05, 0) is 24.3 Å². The van der Waals surface area contributed by atoms with E-state index in [0.29, 0.717) is 47.1 Å². The number of rotatable bonds is 4. The van der Waals surface area contributed by atoms with Gasteiger partial charge in [0.2, 0.25) is 0 Å². The van der Waals surface area contributed by atoms with Gasteiger partial charge in [0.25, 0.3) is 17.4 Å². The normalized spacial score (nSPS) is 14.6. The van der Waals surface area contributed by atoms with Crippen molar-refractivity contribution in [1.82, 2.24) is 4.98 Å². The van der Waals surface area contributed by atoms with E-state index in [4.69, 9.17) is 11.6 Å². The lowest BCUT2D eigenvalue weighted by Crippen LogP contribution is -2.53. The first-order valence-electron chi connectivity index (χ1n) is 10.1. The van der Waals surface area contributed by atoms with Gasteiger partial charge in [0, 0.05) is 24.1 Å². The number of nitrogens with zero attached hydrogens (tertiary/aromatic N) is 2. The number of aromatic nitrogens is 1. The summed E-state index contributed by atoms with van der Waals surface area (Å²) in [5.41, 5.74) is -5.94. The van der Waals surface area contributed by atoms with E-state index in [2.05, 4.69) is 10.3 Å².